The molecule has 4 nitrogen and oxygen atoms in total. The maximum atomic E-state index is 6.17. The Balaban J connectivity index is 1.88. The number of aryl methyl sites for hydroxylation is 1. The molecule has 2 aliphatic rings. The van der Waals surface area contributed by atoms with Gasteiger partial charge in [-0.2, -0.15) is 0 Å². The number of rotatable bonds is 1. The predicted molar refractivity (Wildman–Crippen MR) is 86.8 cm³/mol. The van der Waals surface area contributed by atoms with Gasteiger partial charge in [0.1, 0.15) is 6.34 Å². The summed E-state index contributed by atoms with van der Waals surface area (Å²) in [7, 11) is 0. The summed E-state index contributed by atoms with van der Waals surface area (Å²) in [4.78, 5) is 6.43. The topological polar surface area (TPSA) is 34.1 Å². The van der Waals surface area contributed by atoms with Crippen LogP contribution in [0.25, 0.3) is 0 Å². The van der Waals surface area contributed by atoms with Crippen molar-refractivity contribution in [2.45, 2.75) is 12.8 Å². The van der Waals surface area contributed by atoms with E-state index in [1.54, 1.807) is 6.34 Å². The monoisotopic (exact) mass is 314 g/mol. The van der Waals surface area contributed by atoms with Crippen LogP contribution in [0.2, 0.25) is 5.02 Å². The first-order valence-corrected chi connectivity index (χ1v) is 7.55. The minimum Gasteiger partial charge on any atom is -0.326 e. The molecule has 1 saturated heterocycles. The molecule has 0 unspecified atom stereocenters. The van der Waals surface area contributed by atoms with E-state index in [4.69, 9.17) is 21.1 Å². The molecule has 22 heavy (non-hydrogen) atoms. The van der Waals surface area contributed by atoms with Gasteiger partial charge in [0.15, 0.2) is 0 Å². The van der Waals surface area contributed by atoms with Gasteiger partial charge in [-0.1, -0.05) is 29.3 Å². The van der Waals surface area contributed by atoms with E-state index in [1.807, 2.05) is 35.2 Å². The van der Waals surface area contributed by atoms with Crippen molar-refractivity contribution in [1.82, 2.24) is 0 Å². The summed E-state index contributed by atoms with van der Waals surface area (Å²) in [5.41, 5.74) is 3.81. The number of aliphatic imine (C=N–C) groups is 1. The van der Waals surface area contributed by atoms with Crippen LogP contribution < -0.4 is 4.90 Å². The predicted octanol–water partition coefficient (Wildman–Crippen LogP) is 3.99. The molecule has 0 saturated carbocycles. The minimum absolute atomic E-state index is 0.530. The Bertz CT molecular complexity index is 737. The molecule has 2 aromatic rings. The van der Waals surface area contributed by atoms with Crippen molar-refractivity contribution in [2.75, 3.05) is 18.1 Å². The van der Waals surface area contributed by atoms with E-state index in [-0.39, 0.29) is 0 Å². The molecule has 1 spiro atoms. The number of halogens is 1. The summed E-state index contributed by atoms with van der Waals surface area (Å²) in [5.74, 6) is -0.989. The van der Waals surface area contributed by atoms with E-state index in [1.165, 1.54) is 5.56 Å². The van der Waals surface area contributed by atoms with Crippen LogP contribution in [-0.2, 0) is 15.4 Å². The smallest absolute Gasteiger partial charge is 0.287 e. The number of hydrogen-bond donors (Lipinski definition) is 0. The van der Waals surface area contributed by atoms with Gasteiger partial charge < -0.3 is 9.47 Å². The molecule has 0 amide bonds. The summed E-state index contributed by atoms with van der Waals surface area (Å²) >= 11 is 6.17. The third-order valence-electron chi connectivity index (χ3n) is 3.92. The molecule has 0 N–H and O–H groups in total. The van der Waals surface area contributed by atoms with Crippen LogP contribution in [0.1, 0.15) is 11.1 Å². The fraction of sp³-hybridized carbons (Fsp3) is 0.235. The molecule has 4 rings (SSSR count). The van der Waals surface area contributed by atoms with Crippen LogP contribution in [-0.4, -0.2) is 19.6 Å². The Labute approximate surface area is 133 Å². The first-order chi connectivity index (χ1) is 10.7. The lowest BCUT2D eigenvalue weighted by Gasteiger charge is -2.40. The van der Waals surface area contributed by atoms with Gasteiger partial charge in [-0.25, -0.2) is 4.99 Å². The summed E-state index contributed by atoms with van der Waals surface area (Å²) < 4.78 is 12.0. The van der Waals surface area contributed by atoms with E-state index in [2.05, 4.69) is 24.0 Å². The Kier molecular flexibility index (Phi) is 3.18. The van der Waals surface area contributed by atoms with Gasteiger partial charge in [-0.05, 0) is 37.3 Å². The van der Waals surface area contributed by atoms with Gasteiger partial charge in [0.25, 0.3) is 5.91 Å². The summed E-state index contributed by atoms with van der Waals surface area (Å²) in [6, 6.07) is 13.7. The number of benzene rings is 2. The third kappa shape index (κ3) is 2.03. The minimum atomic E-state index is -0.989. The molecule has 2 heterocycles. The quantitative estimate of drug-likeness (QED) is 0.798. The van der Waals surface area contributed by atoms with E-state index < -0.39 is 5.91 Å². The summed E-state index contributed by atoms with van der Waals surface area (Å²) in [6.45, 7) is 3.12. The number of anilines is 1. The van der Waals surface area contributed by atoms with E-state index in [9.17, 15) is 0 Å². The lowest BCUT2D eigenvalue weighted by molar-refractivity contribution is -0.156. The molecule has 0 bridgehead atoms. The van der Waals surface area contributed by atoms with Gasteiger partial charge in [0.05, 0.1) is 24.5 Å². The number of hydrogen-bond acceptors (Lipinski definition) is 4. The number of fused-ring (bicyclic) bond motifs is 2. The summed E-state index contributed by atoms with van der Waals surface area (Å²) in [6.07, 6.45) is 1.76. The molecule has 112 valence electrons. The standard InChI is InChI=1S/C17H15ClN2O2/c1-12-2-5-14(6-3-12)20-11-19-16-7-4-13(18)10-15(16)17(20)21-8-9-22-17/h2-7,10-11H,8-9H2,1H3. The Morgan fingerprint density at radius 1 is 1.09 bits per heavy atom. The maximum absolute atomic E-state index is 6.17. The SMILES string of the molecule is Cc1ccc(N2C=Nc3ccc(Cl)cc3C23OCCO3)cc1. The van der Waals surface area contributed by atoms with Gasteiger partial charge >= 0.3 is 0 Å². The second kappa shape index (κ2) is 5.09. The van der Waals surface area contributed by atoms with E-state index in [0.29, 0.717) is 18.2 Å². The van der Waals surface area contributed by atoms with E-state index in [0.717, 1.165) is 16.9 Å². The lowest BCUT2D eigenvalue weighted by atomic mass is 10.1. The van der Waals surface area contributed by atoms with Gasteiger partial charge in [0.2, 0.25) is 0 Å². The molecule has 2 aromatic carbocycles. The van der Waals surface area contributed by atoms with Crippen LogP contribution in [0, 0.1) is 6.92 Å². The van der Waals surface area contributed by atoms with Crippen molar-refractivity contribution >= 4 is 29.3 Å². The fourth-order valence-corrected chi connectivity index (χ4v) is 3.01. The molecule has 2 aliphatic heterocycles. The molecule has 0 aliphatic carbocycles. The highest BCUT2D eigenvalue weighted by atomic mass is 35.5. The molecule has 5 heteroatoms. The Morgan fingerprint density at radius 3 is 2.55 bits per heavy atom. The molecular weight excluding hydrogens is 300 g/mol. The zero-order valence-electron chi connectivity index (χ0n) is 12.1. The van der Waals surface area contributed by atoms with Crippen LogP contribution in [0.4, 0.5) is 11.4 Å². The van der Waals surface area contributed by atoms with Crippen molar-refractivity contribution in [3.8, 4) is 0 Å². The van der Waals surface area contributed by atoms with Gasteiger partial charge in [-0.15, -0.1) is 0 Å². The Hall–Kier alpha value is -1.88. The molecular formula is C17H15ClN2O2. The van der Waals surface area contributed by atoms with E-state index >= 15 is 0 Å². The third-order valence-corrected chi connectivity index (χ3v) is 4.15. The molecule has 0 atom stereocenters. The first-order valence-electron chi connectivity index (χ1n) is 7.17. The zero-order valence-corrected chi connectivity index (χ0v) is 12.9. The van der Waals surface area contributed by atoms with Crippen molar-refractivity contribution in [3.63, 3.8) is 0 Å². The highest BCUT2D eigenvalue weighted by Crippen LogP contribution is 2.45. The van der Waals surface area contributed by atoms with Crippen molar-refractivity contribution in [3.05, 3.63) is 58.6 Å². The van der Waals surface area contributed by atoms with Crippen molar-refractivity contribution in [1.29, 1.82) is 0 Å². The van der Waals surface area contributed by atoms with Gasteiger partial charge in [0, 0.05) is 10.7 Å². The highest BCUT2D eigenvalue weighted by molar-refractivity contribution is 6.30. The van der Waals surface area contributed by atoms with Crippen LogP contribution in [0.3, 0.4) is 0 Å². The maximum Gasteiger partial charge on any atom is 0.287 e. The second-order valence-electron chi connectivity index (χ2n) is 5.39. The number of nitrogens with zero attached hydrogens (tertiary/aromatic N) is 2. The second-order valence-corrected chi connectivity index (χ2v) is 5.83. The largest absolute Gasteiger partial charge is 0.326 e. The Morgan fingerprint density at radius 2 is 1.82 bits per heavy atom. The average Bonchev–Trinajstić information content (AvgIpc) is 3.00. The average molecular weight is 315 g/mol. The van der Waals surface area contributed by atoms with Crippen LogP contribution in [0.5, 0.6) is 0 Å². The van der Waals surface area contributed by atoms with Gasteiger partial charge in [-0.3, -0.25) is 4.90 Å². The first kappa shape index (κ1) is 13.8. The van der Waals surface area contributed by atoms with Crippen LogP contribution >= 0.6 is 11.6 Å². The van der Waals surface area contributed by atoms with Crippen LogP contribution in [0.15, 0.2) is 47.5 Å². The fourth-order valence-electron chi connectivity index (χ4n) is 2.84. The molecule has 0 aromatic heterocycles. The zero-order chi connectivity index (χ0) is 15.2. The molecule has 1 fully saturated rings. The lowest BCUT2D eigenvalue weighted by Crippen LogP contribution is -2.48. The normalized spacial score (nSPS) is 18.7. The van der Waals surface area contributed by atoms with Crippen molar-refractivity contribution < 1.29 is 9.47 Å². The number of ether oxygens (including phenoxy) is 2. The molecule has 0 radical (unpaired) electrons. The summed E-state index contributed by atoms with van der Waals surface area (Å²) in [5, 5.41) is 0.637. The van der Waals surface area contributed by atoms with Crippen molar-refractivity contribution in [2.24, 2.45) is 4.99 Å². The highest BCUT2D eigenvalue weighted by Gasteiger charge is 2.48.